The Bertz CT molecular complexity index is 572. The smallest absolute Gasteiger partial charge is 0.193 e. The number of hydrogen-bond donors (Lipinski definition) is 1. The molecule has 1 N–H and O–H groups in total. The van der Waals surface area contributed by atoms with Gasteiger partial charge in [-0.25, -0.2) is 0 Å². The fourth-order valence-electron chi connectivity index (χ4n) is 3.74. The summed E-state index contributed by atoms with van der Waals surface area (Å²) in [5.74, 6) is 0.992. The molecule has 1 saturated heterocycles. The topological polar surface area (TPSA) is 51.9 Å². The van der Waals surface area contributed by atoms with E-state index in [0.29, 0.717) is 12.6 Å². The molecule has 8 heteroatoms. The van der Waals surface area contributed by atoms with Gasteiger partial charge in [-0.05, 0) is 47.0 Å². The Labute approximate surface area is 182 Å². The molecule has 2 unspecified atom stereocenters. The molecule has 1 aromatic heterocycles. The van der Waals surface area contributed by atoms with Gasteiger partial charge >= 0.3 is 0 Å². The quantitative estimate of drug-likeness (QED) is 0.343. The molecule has 0 aromatic carbocycles. The lowest BCUT2D eigenvalue weighted by molar-refractivity contribution is 0.232. The van der Waals surface area contributed by atoms with Crippen molar-refractivity contribution in [3.8, 4) is 0 Å². The van der Waals surface area contributed by atoms with Crippen molar-refractivity contribution in [2.24, 2.45) is 12.0 Å². The highest BCUT2D eigenvalue weighted by atomic mass is 127. The molecule has 2 atom stereocenters. The standard InChI is InChI=1S/C19H37N7.HI/c1-7-20-19(24(5)15-17-10-9-11-26(17)8-2)21-13-18(23(3)4)16-12-22-25(6)14-16;/h12,14,17-18H,7-11,13,15H2,1-6H3,(H,20,21);1H. The van der Waals surface area contributed by atoms with Crippen LogP contribution in [-0.2, 0) is 7.05 Å². The van der Waals surface area contributed by atoms with Crippen molar-refractivity contribution in [3.63, 3.8) is 0 Å². The van der Waals surface area contributed by atoms with Gasteiger partial charge in [-0.2, -0.15) is 5.10 Å². The number of nitrogens with one attached hydrogen (secondary N) is 1. The Hall–Kier alpha value is -0.870. The van der Waals surface area contributed by atoms with Crippen LogP contribution in [0.3, 0.4) is 0 Å². The molecule has 2 rings (SSSR count). The first-order chi connectivity index (χ1) is 12.5. The van der Waals surface area contributed by atoms with Gasteiger partial charge in [0, 0.05) is 45.0 Å². The van der Waals surface area contributed by atoms with E-state index in [1.54, 1.807) is 0 Å². The molecule has 2 heterocycles. The molecule has 7 nitrogen and oxygen atoms in total. The van der Waals surface area contributed by atoms with Gasteiger partial charge in [0.1, 0.15) is 0 Å². The summed E-state index contributed by atoms with van der Waals surface area (Å²) in [5, 5.41) is 7.77. The third-order valence-electron chi connectivity index (χ3n) is 5.23. The van der Waals surface area contributed by atoms with Crippen molar-refractivity contribution in [3.05, 3.63) is 18.0 Å². The van der Waals surface area contributed by atoms with Crippen molar-refractivity contribution >= 4 is 29.9 Å². The minimum atomic E-state index is 0. The number of aryl methyl sites for hydroxylation is 1. The molecule has 0 amide bonds. The fraction of sp³-hybridized carbons (Fsp3) is 0.789. The van der Waals surface area contributed by atoms with Crippen LogP contribution in [0.4, 0.5) is 0 Å². The molecule has 0 bridgehead atoms. The third kappa shape index (κ3) is 6.90. The monoisotopic (exact) mass is 491 g/mol. The fourth-order valence-corrected chi connectivity index (χ4v) is 3.74. The average molecular weight is 491 g/mol. The molecule has 0 aliphatic carbocycles. The van der Waals surface area contributed by atoms with E-state index in [1.165, 1.54) is 24.9 Å². The summed E-state index contributed by atoms with van der Waals surface area (Å²) >= 11 is 0. The Kier molecular flexibility index (Phi) is 10.6. The Morgan fingerprint density at radius 2 is 2.11 bits per heavy atom. The van der Waals surface area contributed by atoms with Crippen molar-refractivity contribution in [2.75, 3.05) is 53.9 Å². The van der Waals surface area contributed by atoms with E-state index in [1.807, 2.05) is 17.9 Å². The summed E-state index contributed by atoms with van der Waals surface area (Å²) in [7, 11) is 8.31. The van der Waals surface area contributed by atoms with Gasteiger partial charge < -0.3 is 15.1 Å². The largest absolute Gasteiger partial charge is 0.357 e. The number of hydrogen-bond acceptors (Lipinski definition) is 4. The van der Waals surface area contributed by atoms with Crippen LogP contribution in [0.5, 0.6) is 0 Å². The van der Waals surface area contributed by atoms with Crippen molar-refractivity contribution in [1.29, 1.82) is 0 Å². The highest BCUT2D eigenvalue weighted by Crippen LogP contribution is 2.19. The Balaban J connectivity index is 0.00000364. The van der Waals surface area contributed by atoms with Crippen LogP contribution < -0.4 is 5.32 Å². The number of aromatic nitrogens is 2. The van der Waals surface area contributed by atoms with E-state index in [0.717, 1.165) is 25.6 Å². The second kappa shape index (κ2) is 11.9. The van der Waals surface area contributed by atoms with E-state index in [4.69, 9.17) is 4.99 Å². The number of rotatable bonds is 8. The molecule has 0 radical (unpaired) electrons. The number of aliphatic imine (C=N–C) groups is 1. The Morgan fingerprint density at radius 1 is 1.37 bits per heavy atom. The van der Waals surface area contributed by atoms with E-state index < -0.39 is 0 Å². The van der Waals surface area contributed by atoms with Crippen LogP contribution in [0.1, 0.15) is 38.3 Å². The predicted molar refractivity (Wildman–Crippen MR) is 124 cm³/mol. The van der Waals surface area contributed by atoms with Gasteiger partial charge in [0.25, 0.3) is 0 Å². The third-order valence-corrected chi connectivity index (χ3v) is 5.23. The Morgan fingerprint density at radius 3 is 2.67 bits per heavy atom. The molecule has 1 aromatic rings. The first kappa shape index (κ1) is 24.2. The number of nitrogens with zero attached hydrogens (tertiary/aromatic N) is 6. The van der Waals surface area contributed by atoms with Gasteiger partial charge in [0.2, 0.25) is 0 Å². The van der Waals surface area contributed by atoms with E-state index in [2.05, 4.69) is 66.3 Å². The van der Waals surface area contributed by atoms with E-state index in [-0.39, 0.29) is 30.0 Å². The number of halogens is 1. The molecule has 27 heavy (non-hydrogen) atoms. The van der Waals surface area contributed by atoms with Gasteiger partial charge in [-0.3, -0.25) is 14.6 Å². The molecule has 0 saturated carbocycles. The normalized spacial score (nSPS) is 19.2. The van der Waals surface area contributed by atoms with Gasteiger partial charge in [-0.15, -0.1) is 24.0 Å². The first-order valence-electron chi connectivity index (χ1n) is 9.84. The van der Waals surface area contributed by atoms with Crippen LogP contribution in [0.25, 0.3) is 0 Å². The van der Waals surface area contributed by atoms with Crippen molar-refractivity contribution in [1.82, 2.24) is 29.8 Å². The zero-order valence-corrected chi connectivity index (χ0v) is 20.2. The summed E-state index contributed by atoms with van der Waals surface area (Å²) in [6.45, 7) is 9.37. The van der Waals surface area contributed by atoms with Crippen LogP contribution in [0.2, 0.25) is 0 Å². The summed E-state index contributed by atoms with van der Waals surface area (Å²) < 4.78 is 1.85. The van der Waals surface area contributed by atoms with Crippen molar-refractivity contribution in [2.45, 2.75) is 38.8 Å². The number of guanidine groups is 1. The zero-order chi connectivity index (χ0) is 19.1. The molecule has 1 aliphatic heterocycles. The van der Waals surface area contributed by atoms with E-state index in [9.17, 15) is 0 Å². The van der Waals surface area contributed by atoms with Crippen LogP contribution in [-0.4, -0.2) is 90.3 Å². The second-order valence-electron chi connectivity index (χ2n) is 7.43. The van der Waals surface area contributed by atoms with Crippen molar-refractivity contribution < 1.29 is 0 Å². The predicted octanol–water partition coefficient (Wildman–Crippen LogP) is 2.02. The average Bonchev–Trinajstić information content (AvgIpc) is 3.22. The van der Waals surface area contributed by atoms with E-state index >= 15 is 0 Å². The molecule has 0 spiro atoms. The summed E-state index contributed by atoms with van der Waals surface area (Å²) in [6, 6.07) is 0.862. The SMILES string of the molecule is CCNC(=NCC(c1cnn(C)c1)N(C)C)N(C)CC1CCCN1CC.I. The maximum atomic E-state index is 4.95. The van der Waals surface area contributed by atoms with Gasteiger partial charge in [0.15, 0.2) is 5.96 Å². The summed E-state index contributed by atoms with van der Waals surface area (Å²) in [4.78, 5) is 12.0. The van der Waals surface area contributed by atoms with Crippen LogP contribution >= 0.6 is 24.0 Å². The van der Waals surface area contributed by atoms with Crippen LogP contribution in [0.15, 0.2) is 17.4 Å². The summed E-state index contributed by atoms with van der Waals surface area (Å²) in [6.07, 6.45) is 6.61. The molecular weight excluding hydrogens is 453 g/mol. The highest BCUT2D eigenvalue weighted by molar-refractivity contribution is 14.0. The highest BCUT2D eigenvalue weighted by Gasteiger charge is 2.25. The molecule has 156 valence electrons. The second-order valence-corrected chi connectivity index (χ2v) is 7.43. The lowest BCUT2D eigenvalue weighted by Gasteiger charge is -2.30. The van der Waals surface area contributed by atoms with Crippen LogP contribution in [0, 0.1) is 0 Å². The zero-order valence-electron chi connectivity index (χ0n) is 17.9. The van der Waals surface area contributed by atoms with Gasteiger partial charge in [0.05, 0.1) is 18.8 Å². The maximum Gasteiger partial charge on any atom is 0.193 e. The first-order valence-corrected chi connectivity index (χ1v) is 9.84. The minimum absolute atomic E-state index is 0. The minimum Gasteiger partial charge on any atom is -0.357 e. The molecule has 1 aliphatic rings. The number of likely N-dealkylation sites (tertiary alicyclic amines) is 1. The lowest BCUT2D eigenvalue weighted by Crippen LogP contribution is -2.46. The number of likely N-dealkylation sites (N-methyl/N-ethyl adjacent to an activating group) is 3. The summed E-state index contributed by atoms with van der Waals surface area (Å²) in [5.41, 5.74) is 1.20. The maximum absolute atomic E-state index is 4.95. The lowest BCUT2D eigenvalue weighted by atomic mass is 10.1. The molecule has 1 fully saturated rings. The molecular formula is C19H38IN7. The van der Waals surface area contributed by atoms with Gasteiger partial charge in [-0.1, -0.05) is 6.92 Å².